The first-order chi connectivity index (χ1) is 12.5. The van der Waals surface area contributed by atoms with Crippen molar-refractivity contribution in [3.63, 3.8) is 0 Å². The minimum atomic E-state index is -3.48. The van der Waals surface area contributed by atoms with Crippen LogP contribution in [0.2, 0.25) is 0 Å². The number of sulfonamides is 1. The van der Waals surface area contributed by atoms with Gasteiger partial charge in [0.25, 0.3) is 0 Å². The molecule has 3 aromatic rings. The molecule has 1 aliphatic carbocycles. The Kier molecular flexibility index (Phi) is 4.37. The molecule has 0 aliphatic heterocycles. The van der Waals surface area contributed by atoms with Crippen LogP contribution >= 0.6 is 0 Å². The Balaban J connectivity index is 1.63. The lowest BCUT2D eigenvalue weighted by Gasteiger charge is -2.30. The van der Waals surface area contributed by atoms with Gasteiger partial charge in [-0.1, -0.05) is 37.3 Å². The van der Waals surface area contributed by atoms with Crippen LogP contribution in [0.15, 0.2) is 53.4 Å². The third kappa shape index (κ3) is 2.85. The molecule has 4 rings (SSSR count). The summed E-state index contributed by atoms with van der Waals surface area (Å²) >= 11 is 0. The number of aryl methyl sites for hydroxylation is 2. The molecule has 0 spiro atoms. The van der Waals surface area contributed by atoms with Gasteiger partial charge in [0.05, 0.1) is 4.90 Å². The predicted molar refractivity (Wildman–Crippen MR) is 105 cm³/mol. The van der Waals surface area contributed by atoms with E-state index in [1.54, 1.807) is 23.5 Å². The van der Waals surface area contributed by atoms with Crippen molar-refractivity contribution >= 4 is 20.9 Å². The van der Waals surface area contributed by atoms with Crippen molar-refractivity contribution < 1.29 is 8.42 Å². The van der Waals surface area contributed by atoms with Crippen LogP contribution in [0.25, 0.3) is 10.9 Å². The Labute approximate surface area is 154 Å². The molecule has 136 valence electrons. The van der Waals surface area contributed by atoms with Crippen molar-refractivity contribution in [2.75, 3.05) is 7.05 Å². The molecule has 0 fully saturated rings. The van der Waals surface area contributed by atoms with Crippen molar-refractivity contribution in [3.8, 4) is 0 Å². The topological polar surface area (TPSA) is 53.2 Å². The van der Waals surface area contributed by atoms with Gasteiger partial charge in [-0.25, -0.2) is 8.42 Å². The summed E-state index contributed by atoms with van der Waals surface area (Å²) in [5.41, 5.74) is 4.80. The van der Waals surface area contributed by atoms with E-state index in [1.165, 1.54) is 16.6 Å². The van der Waals surface area contributed by atoms with Gasteiger partial charge < -0.3 is 4.98 Å². The number of hydrogen-bond donors (Lipinski definition) is 1. The Bertz CT molecular complexity index is 1040. The molecule has 0 saturated carbocycles. The fourth-order valence-electron chi connectivity index (χ4n) is 3.92. The Morgan fingerprint density at radius 3 is 2.58 bits per heavy atom. The summed E-state index contributed by atoms with van der Waals surface area (Å²) in [5, 5.41) is 1.21. The molecule has 1 unspecified atom stereocenters. The smallest absolute Gasteiger partial charge is 0.243 e. The SMILES string of the molecule is CCc1ccc(S(=O)(=O)N(C)C2CCc3[nH]c4ccccc4c3C2)cc1. The Hall–Kier alpha value is -2.11. The highest BCUT2D eigenvalue weighted by molar-refractivity contribution is 7.89. The average molecular weight is 369 g/mol. The molecule has 1 N–H and O–H groups in total. The molecular formula is C21H24N2O2S. The maximum absolute atomic E-state index is 13.1. The minimum Gasteiger partial charge on any atom is -0.358 e. The number of fused-ring (bicyclic) bond motifs is 3. The van der Waals surface area contributed by atoms with Crippen molar-refractivity contribution in [2.45, 2.75) is 43.5 Å². The largest absolute Gasteiger partial charge is 0.358 e. The van der Waals surface area contributed by atoms with E-state index in [1.807, 2.05) is 24.3 Å². The van der Waals surface area contributed by atoms with Gasteiger partial charge in [0.1, 0.15) is 0 Å². The zero-order chi connectivity index (χ0) is 18.3. The van der Waals surface area contributed by atoms with E-state index >= 15 is 0 Å². The Morgan fingerprint density at radius 1 is 1.12 bits per heavy atom. The third-order valence-electron chi connectivity index (χ3n) is 5.59. The van der Waals surface area contributed by atoms with E-state index in [2.05, 4.69) is 24.0 Å². The normalized spacial score (nSPS) is 17.6. The summed E-state index contributed by atoms with van der Waals surface area (Å²) < 4.78 is 27.7. The van der Waals surface area contributed by atoms with Crippen LogP contribution < -0.4 is 0 Å². The summed E-state index contributed by atoms with van der Waals surface area (Å²) in [7, 11) is -1.76. The molecule has 1 aliphatic rings. The number of rotatable bonds is 4. The monoisotopic (exact) mass is 368 g/mol. The highest BCUT2D eigenvalue weighted by Crippen LogP contribution is 2.32. The van der Waals surface area contributed by atoms with Gasteiger partial charge in [0.2, 0.25) is 10.0 Å². The molecule has 1 aromatic heterocycles. The van der Waals surface area contributed by atoms with Gasteiger partial charge in [-0.15, -0.1) is 0 Å². The van der Waals surface area contributed by atoms with E-state index in [-0.39, 0.29) is 6.04 Å². The second-order valence-electron chi connectivity index (χ2n) is 7.04. The number of nitrogens with zero attached hydrogens (tertiary/aromatic N) is 1. The molecule has 2 aromatic carbocycles. The van der Waals surface area contributed by atoms with Gasteiger partial charge in [-0.2, -0.15) is 4.31 Å². The maximum Gasteiger partial charge on any atom is 0.243 e. The van der Waals surface area contributed by atoms with Crippen LogP contribution in [0.5, 0.6) is 0 Å². The number of nitrogens with one attached hydrogen (secondary N) is 1. The van der Waals surface area contributed by atoms with E-state index in [9.17, 15) is 8.42 Å². The van der Waals surface area contributed by atoms with Crippen molar-refractivity contribution in [2.24, 2.45) is 0 Å². The van der Waals surface area contributed by atoms with E-state index in [0.717, 1.165) is 36.8 Å². The first-order valence-corrected chi connectivity index (χ1v) is 10.6. The molecule has 0 saturated heterocycles. The van der Waals surface area contributed by atoms with Crippen LogP contribution in [-0.2, 0) is 29.3 Å². The number of aromatic amines is 1. The number of benzene rings is 2. The lowest BCUT2D eigenvalue weighted by atomic mass is 9.91. The third-order valence-corrected chi connectivity index (χ3v) is 7.52. The van der Waals surface area contributed by atoms with Crippen LogP contribution in [0.4, 0.5) is 0 Å². The molecule has 1 atom stereocenters. The highest BCUT2D eigenvalue weighted by Gasteiger charge is 2.32. The van der Waals surface area contributed by atoms with Gasteiger partial charge in [-0.05, 0) is 55.0 Å². The van der Waals surface area contributed by atoms with Crippen LogP contribution in [-0.4, -0.2) is 30.8 Å². The maximum atomic E-state index is 13.1. The quantitative estimate of drug-likeness (QED) is 0.759. The number of para-hydroxylation sites is 1. The number of H-pyrrole nitrogens is 1. The summed E-state index contributed by atoms with van der Waals surface area (Å²) in [6, 6.07) is 15.5. The first-order valence-electron chi connectivity index (χ1n) is 9.16. The second-order valence-corrected chi connectivity index (χ2v) is 9.04. The fourth-order valence-corrected chi connectivity index (χ4v) is 5.31. The lowest BCUT2D eigenvalue weighted by molar-refractivity contribution is 0.336. The molecule has 4 nitrogen and oxygen atoms in total. The standard InChI is InChI=1S/C21H24N2O2S/c1-3-15-8-11-17(12-9-15)26(24,25)23(2)16-10-13-21-19(14-16)18-6-4-5-7-20(18)22-21/h4-9,11-12,16,22H,3,10,13-14H2,1-2H3. The number of aromatic nitrogens is 1. The Morgan fingerprint density at radius 2 is 1.85 bits per heavy atom. The van der Waals surface area contributed by atoms with E-state index < -0.39 is 10.0 Å². The highest BCUT2D eigenvalue weighted by atomic mass is 32.2. The van der Waals surface area contributed by atoms with E-state index in [0.29, 0.717) is 4.90 Å². The molecule has 5 heteroatoms. The average Bonchev–Trinajstić information content (AvgIpc) is 3.05. The lowest BCUT2D eigenvalue weighted by Crippen LogP contribution is -2.40. The number of likely N-dealkylation sites (N-methyl/N-ethyl adjacent to an activating group) is 1. The first kappa shape index (κ1) is 17.3. The zero-order valence-corrected chi connectivity index (χ0v) is 16.0. The summed E-state index contributed by atoms with van der Waals surface area (Å²) in [6.45, 7) is 2.07. The van der Waals surface area contributed by atoms with Gasteiger partial charge in [0, 0.05) is 29.7 Å². The van der Waals surface area contributed by atoms with E-state index in [4.69, 9.17) is 0 Å². The second kappa shape index (κ2) is 6.56. The van der Waals surface area contributed by atoms with Crippen LogP contribution in [0, 0.1) is 0 Å². The molecule has 1 heterocycles. The van der Waals surface area contributed by atoms with Crippen LogP contribution in [0.3, 0.4) is 0 Å². The molecule has 26 heavy (non-hydrogen) atoms. The molecule has 0 amide bonds. The molecule has 0 bridgehead atoms. The molecule has 0 radical (unpaired) electrons. The van der Waals surface area contributed by atoms with Crippen molar-refractivity contribution in [1.29, 1.82) is 0 Å². The zero-order valence-electron chi connectivity index (χ0n) is 15.2. The predicted octanol–water partition coefficient (Wildman–Crippen LogP) is 3.91. The van der Waals surface area contributed by atoms with Crippen molar-refractivity contribution in [1.82, 2.24) is 9.29 Å². The summed E-state index contributed by atoms with van der Waals surface area (Å²) in [4.78, 5) is 3.87. The molecular weight excluding hydrogens is 344 g/mol. The van der Waals surface area contributed by atoms with Crippen LogP contribution in [0.1, 0.15) is 30.2 Å². The number of hydrogen-bond acceptors (Lipinski definition) is 2. The van der Waals surface area contributed by atoms with Gasteiger partial charge in [0.15, 0.2) is 0 Å². The van der Waals surface area contributed by atoms with Gasteiger partial charge in [-0.3, -0.25) is 0 Å². The summed E-state index contributed by atoms with van der Waals surface area (Å²) in [6.07, 6.45) is 3.37. The van der Waals surface area contributed by atoms with Crippen molar-refractivity contribution in [3.05, 3.63) is 65.4 Å². The fraction of sp³-hybridized carbons (Fsp3) is 0.333. The minimum absolute atomic E-state index is 0.0162. The van der Waals surface area contributed by atoms with Gasteiger partial charge >= 0.3 is 0 Å². The summed E-state index contributed by atoms with van der Waals surface area (Å²) in [5.74, 6) is 0.